The lowest BCUT2D eigenvalue weighted by molar-refractivity contribution is -0.542. The van der Waals surface area contributed by atoms with Crippen molar-refractivity contribution in [1.82, 2.24) is 0 Å². The van der Waals surface area contributed by atoms with Gasteiger partial charge in [0.1, 0.15) is 0 Å². The molecule has 2 saturated carbocycles. The molecule has 0 N–H and O–H groups in total. The zero-order valence-corrected chi connectivity index (χ0v) is 24.4. The van der Waals surface area contributed by atoms with Crippen LogP contribution in [0.2, 0.25) is 0 Å². The van der Waals surface area contributed by atoms with E-state index in [2.05, 4.69) is 0 Å². The third kappa shape index (κ3) is 4.21. The van der Waals surface area contributed by atoms with E-state index in [9.17, 15) is 132 Å². The molecule has 2 atom stereocenters. The Balaban J connectivity index is 4.18. The predicted octanol–water partition coefficient (Wildman–Crippen LogP) is 12.1. The van der Waals surface area contributed by atoms with Gasteiger partial charge in [-0.1, -0.05) is 0 Å². The van der Waals surface area contributed by atoms with Crippen LogP contribution in [-0.4, -0.2) is 113 Å². The fourth-order valence-corrected chi connectivity index (χ4v) is 5.59. The van der Waals surface area contributed by atoms with E-state index in [1.165, 1.54) is 0 Å². The van der Waals surface area contributed by atoms with E-state index in [-0.39, 0.29) is 0 Å². The maximum atomic E-state index is 16.4. The molecule has 58 heavy (non-hydrogen) atoms. The summed E-state index contributed by atoms with van der Waals surface area (Å²) in [6.07, 6.45) is -22.4. The van der Waals surface area contributed by atoms with Gasteiger partial charge in [-0.15, -0.1) is 0 Å². The number of alkyl halides is 38. The van der Waals surface area contributed by atoms with Crippen molar-refractivity contribution >= 4 is 0 Å². The van der Waals surface area contributed by atoms with E-state index in [1.54, 1.807) is 0 Å². The monoisotopic (exact) mass is 962 g/mol. The minimum absolute atomic E-state index is 10.2. The van der Waals surface area contributed by atoms with Crippen molar-refractivity contribution < 1.29 is 167 Å². The molecule has 2 aliphatic carbocycles. The highest BCUT2D eigenvalue weighted by Gasteiger charge is 3.16. The third-order valence-corrected chi connectivity index (χ3v) is 8.74. The molecule has 38 heteroatoms. The molecule has 0 spiro atoms. The summed E-state index contributed by atoms with van der Waals surface area (Å²) in [7, 11) is 0. The van der Waals surface area contributed by atoms with Crippen molar-refractivity contribution in [3.8, 4) is 0 Å². The predicted molar refractivity (Wildman–Crippen MR) is 96.4 cm³/mol. The highest BCUT2D eigenvalue weighted by Crippen LogP contribution is 2.85. The summed E-state index contributed by atoms with van der Waals surface area (Å²) in [5.41, 5.74) is -37.7. The van der Waals surface area contributed by atoms with Crippen LogP contribution >= 0.6 is 0 Å². The lowest BCUT2D eigenvalue weighted by atomic mass is 9.49. The minimum Gasteiger partial charge on any atom is -0.228 e. The normalized spacial score (nSPS) is 36.7. The van der Waals surface area contributed by atoms with E-state index in [0.29, 0.717) is 0 Å². The Morgan fingerprint density at radius 3 is 0.500 bits per heavy atom. The second kappa shape index (κ2) is 11.2. The van der Waals surface area contributed by atoms with E-state index >= 15 is 35.1 Å². The summed E-state index contributed by atoms with van der Waals surface area (Å²) in [6, 6.07) is 0. The van der Waals surface area contributed by atoms with E-state index in [4.69, 9.17) is 0 Å². The fourth-order valence-electron chi connectivity index (χ4n) is 5.59. The molecule has 0 saturated heterocycles. The van der Waals surface area contributed by atoms with Crippen LogP contribution in [0.4, 0.5) is 167 Å². The van der Waals surface area contributed by atoms with Gasteiger partial charge in [-0.3, -0.25) is 0 Å². The largest absolute Gasteiger partial charge is 0.430 e. The molecule has 2 fully saturated rings. The summed E-state index contributed by atoms with van der Waals surface area (Å²) < 4.78 is 553. The van der Waals surface area contributed by atoms with Crippen LogP contribution < -0.4 is 0 Å². The quantitative estimate of drug-likeness (QED) is 0.230. The first-order valence-electron chi connectivity index (χ1n) is 12.4. The Morgan fingerprint density at radius 1 is 0.172 bits per heavy atom. The van der Waals surface area contributed by atoms with Crippen molar-refractivity contribution in [2.24, 2.45) is 5.41 Å². The van der Waals surface area contributed by atoms with E-state index in [1.807, 2.05) is 0 Å². The summed E-state index contributed by atoms with van der Waals surface area (Å²) in [5, 5.41) is 0. The van der Waals surface area contributed by atoms with Gasteiger partial charge < -0.3 is 0 Å². The van der Waals surface area contributed by atoms with Crippen LogP contribution in [-0.2, 0) is 0 Å². The molecule has 0 amide bonds. The van der Waals surface area contributed by atoms with Gasteiger partial charge in [0.05, 0.1) is 0 Å². The average Bonchev–Trinajstić information content (AvgIpc) is 2.97. The highest BCUT2D eigenvalue weighted by atomic mass is 19.4. The molecular weight excluding hydrogens is 962 g/mol. The first kappa shape index (κ1) is 51.5. The maximum absolute atomic E-state index is 16.4. The second-order valence-electron chi connectivity index (χ2n) is 11.7. The van der Waals surface area contributed by atoms with Crippen LogP contribution in [0, 0.1) is 5.41 Å². The molecule has 0 bridgehead atoms. The van der Waals surface area contributed by atoms with Gasteiger partial charge in [-0.25, -0.2) is 8.78 Å². The molecule has 2 rings (SSSR count). The van der Waals surface area contributed by atoms with Gasteiger partial charge in [0, 0.05) is 0 Å². The number of halogens is 38. The Bertz CT molecular complexity index is 1580. The van der Waals surface area contributed by atoms with Gasteiger partial charge in [-0.05, 0) is 0 Å². The van der Waals surface area contributed by atoms with Crippen LogP contribution in [0.25, 0.3) is 0 Å². The van der Waals surface area contributed by atoms with Gasteiger partial charge in [0.15, 0.2) is 0 Å². The van der Waals surface area contributed by atoms with Crippen molar-refractivity contribution in [1.29, 1.82) is 0 Å². The van der Waals surface area contributed by atoms with Crippen LogP contribution in [0.1, 0.15) is 0 Å². The van der Waals surface area contributed by atoms with Crippen LogP contribution in [0.5, 0.6) is 0 Å². The molecule has 0 aromatic heterocycles. The molecule has 2 unspecified atom stereocenters. The van der Waals surface area contributed by atoms with Crippen molar-refractivity contribution in [3.63, 3.8) is 0 Å². The Morgan fingerprint density at radius 2 is 0.328 bits per heavy atom. The lowest BCUT2D eigenvalue weighted by Gasteiger charge is -2.61. The number of hydrogen-bond donors (Lipinski definition) is 0. The fraction of sp³-hybridized carbons (Fsp3) is 1.00. The molecule has 2 aliphatic rings. The summed E-state index contributed by atoms with van der Waals surface area (Å²) in [5.74, 6) is -164. The molecule has 0 radical (unpaired) electrons. The van der Waals surface area contributed by atoms with Crippen molar-refractivity contribution in [2.75, 3.05) is 0 Å². The average molecular weight is 962 g/mol. The van der Waals surface area contributed by atoms with E-state index in [0.717, 1.165) is 0 Å². The number of hydrogen-bond acceptors (Lipinski definition) is 0. The molecule has 346 valence electrons. The smallest absolute Gasteiger partial charge is 0.228 e. The highest BCUT2D eigenvalue weighted by molar-refractivity contribution is 5.41. The maximum Gasteiger partial charge on any atom is 0.430 e. The standard InChI is InChI=1S/C20F38/c21-2(5(25,26)9(33,34)13(41,42)17(49,50)18(51,52)14(43,44)10(35,36)6(2,27)28)1(19(53,54)55)3(22,20(56,57)58)7(29,30)11(37,38)15(45,46)16(47,48)12(39,40)8(31,32)4(1,23)24. The summed E-state index contributed by atoms with van der Waals surface area (Å²) in [4.78, 5) is 0. The number of rotatable bonds is 1. The van der Waals surface area contributed by atoms with Gasteiger partial charge in [0.25, 0.3) is 11.3 Å². The zero-order chi connectivity index (χ0) is 48.0. The molecular formula is C20F38. The SMILES string of the molecule is FC(F)(F)C1(F)C(F)(F)C(F)(F)C(F)(F)C(F)(F)C(F)(F)C(F)(F)C(F)(F)C1(C(F)(F)F)C1(F)C(F)(F)C(F)(F)C(F)(F)C(F)(F)C(F)(F)C(F)(F)C(F)(F)C1(F)F. The molecule has 0 aliphatic heterocycles. The van der Waals surface area contributed by atoms with Gasteiger partial charge >= 0.3 is 101 Å². The second-order valence-corrected chi connectivity index (χ2v) is 11.7. The van der Waals surface area contributed by atoms with Gasteiger partial charge in [0.2, 0.25) is 5.41 Å². The van der Waals surface area contributed by atoms with Crippen LogP contribution in [0.15, 0.2) is 0 Å². The lowest BCUT2D eigenvalue weighted by Crippen LogP contribution is -2.93. The zero-order valence-electron chi connectivity index (χ0n) is 24.4. The first-order chi connectivity index (χ1) is 24.2. The van der Waals surface area contributed by atoms with Crippen LogP contribution in [0.3, 0.4) is 0 Å². The summed E-state index contributed by atoms with van der Waals surface area (Å²) in [6.45, 7) is 0. The van der Waals surface area contributed by atoms with E-state index < -0.39 is 118 Å². The molecule has 0 aromatic rings. The Labute approximate surface area is 286 Å². The molecule has 0 heterocycles. The molecule has 0 nitrogen and oxygen atoms in total. The van der Waals surface area contributed by atoms with Gasteiger partial charge in [-0.2, -0.15) is 158 Å². The van der Waals surface area contributed by atoms with Crippen molar-refractivity contribution in [2.45, 2.75) is 113 Å². The molecule has 0 aromatic carbocycles. The minimum atomic E-state index is -12.9. The first-order valence-corrected chi connectivity index (χ1v) is 12.4. The Hall–Kier alpha value is -2.66. The van der Waals surface area contributed by atoms with Crippen molar-refractivity contribution in [3.05, 3.63) is 0 Å². The summed E-state index contributed by atoms with van der Waals surface area (Å²) >= 11 is 0. The Kier molecular flexibility index (Phi) is 9.97. The topological polar surface area (TPSA) is 0 Å². The third-order valence-electron chi connectivity index (χ3n) is 8.74.